The highest BCUT2D eigenvalue weighted by Gasteiger charge is 2.40. The molecule has 0 aliphatic carbocycles. The number of amides is 1. The Bertz CT molecular complexity index is 283. The highest BCUT2D eigenvalue weighted by atomic mass is 32.2. The fourth-order valence-electron chi connectivity index (χ4n) is 2.73. The molecule has 1 aliphatic heterocycles. The average Bonchev–Trinajstić information content (AvgIpc) is 2.63. The largest absolute Gasteiger partial charge is 0.322 e. The lowest BCUT2D eigenvalue weighted by Crippen LogP contribution is -2.45. The second-order valence-corrected chi connectivity index (χ2v) is 7.23. The second-order valence-electron chi connectivity index (χ2n) is 5.91. The van der Waals surface area contributed by atoms with Crippen molar-refractivity contribution in [1.29, 1.82) is 0 Å². The molecule has 0 aromatic rings. The molecular weight excluding hydrogens is 256 g/mol. The lowest BCUT2D eigenvalue weighted by atomic mass is 10.1. The van der Waals surface area contributed by atoms with Crippen LogP contribution >= 0.6 is 11.8 Å². The maximum absolute atomic E-state index is 12.5. The third kappa shape index (κ3) is 4.67. The van der Waals surface area contributed by atoms with Crippen LogP contribution in [0, 0.1) is 5.92 Å². The minimum absolute atomic E-state index is 0.0443. The quantitative estimate of drug-likeness (QED) is 0.744. The van der Waals surface area contributed by atoms with Crippen LogP contribution in [0.2, 0.25) is 0 Å². The van der Waals surface area contributed by atoms with Gasteiger partial charge in [-0.25, -0.2) is 0 Å². The minimum Gasteiger partial charge on any atom is -0.322 e. The van der Waals surface area contributed by atoms with Gasteiger partial charge in [0.05, 0.1) is 12.2 Å². The fourth-order valence-corrected chi connectivity index (χ4v) is 3.47. The number of hydrogen-bond donors (Lipinski definition) is 1. The van der Waals surface area contributed by atoms with Crippen molar-refractivity contribution < 1.29 is 4.79 Å². The van der Waals surface area contributed by atoms with Crippen LogP contribution in [-0.2, 0) is 4.79 Å². The topological polar surface area (TPSA) is 32.3 Å². The molecule has 3 unspecified atom stereocenters. The molecule has 1 fully saturated rings. The number of hydrogen-bond acceptors (Lipinski definition) is 3. The van der Waals surface area contributed by atoms with E-state index in [4.69, 9.17) is 0 Å². The van der Waals surface area contributed by atoms with E-state index < -0.39 is 0 Å². The van der Waals surface area contributed by atoms with E-state index in [0.29, 0.717) is 17.9 Å². The maximum Gasteiger partial charge on any atom is 0.241 e. The van der Waals surface area contributed by atoms with Gasteiger partial charge in [-0.15, -0.1) is 0 Å². The Hall–Kier alpha value is -0.220. The Morgan fingerprint density at radius 1 is 1.32 bits per heavy atom. The van der Waals surface area contributed by atoms with E-state index in [1.54, 1.807) is 0 Å². The van der Waals surface area contributed by atoms with E-state index in [1.165, 1.54) is 0 Å². The standard InChI is InChI=1S/C15H30N2OS/c1-6-8-13-15(18)17(12(5)10-19-7-2)14(16-13)9-11(3)4/h11-14,16H,6-10H2,1-5H3. The van der Waals surface area contributed by atoms with Crippen LogP contribution in [0.3, 0.4) is 0 Å². The lowest BCUT2D eigenvalue weighted by Gasteiger charge is -2.31. The molecule has 0 aromatic heterocycles. The van der Waals surface area contributed by atoms with Gasteiger partial charge in [0.25, 0.3) is 0 Å². The van der Waals surface area contributed by atoms with Crippen molar-refractivity contribution in [3.05, 3.63) is 0 Å². The summed E-state index contributed by atoms with van der Waals surface area (Å²) in [6.45, 7) is 11.0. The molecule has 0 spiro atoms. The molecule has 3 atom stereocenters. The first-order valence-corrected chi connectivity index (χ1v) is 8.82. The zero-order valence-electron chi connectivity index (χ0n) is 13.1. The monoisotopic (exact) mass is 286 g/mol. The lowest BCUT2D eigenvalue weighted by molar-refractivity contribution is -0.131. The second kappa shape index (κ2) is 8.15. The summed E-state index contributed by atoms with van der Waals surface area (Å²) in [4.78, 5) is 14.7. The molecule has 1 N–H and O–H groups in total. The van der Waals surface area contributed by atoms with Crippen LogP contribution in [-0.4, -0.2) is 40.6 Å². The van der Waals surface area contributed by atoms with E-state index >= 15 is 0 Å². The van der Waals surface area contributed by atoms with Crippen LogP contribution < -0.4 is 5.32 Å². The van der Waals surface area contributed by atoms with E-state index in [0.717, 1.165) is 30.8 Å². The molecule has 0 saturated carbocycles. The van der Waals surface area contributed by atoms with Crippen LogP contribution in [0.15, 0.2) is 0 Å². The number of carbonyl (C=O) groups is 1. The molecule has 0 radical (unpaired) electrons. The Kier molecular flexibility index (Phi) is 7.22. The van der Waals surface area contributed by atoms with E-state index in [9.17, 15) is 4.79 Å². The molecule has 1 rings (SSSR count). The summed E-state index contributed by atoms with van der Waals surface area (Å²) in [5.41, 5.74) is 0. The highest BCUT2D eigenvalue weighted by molar-refractivity contribution is 7.99. The summed E-state index contributed by atoms with van der Waals surface area (Å²) in [6.07, 6.45) is 3.30. The maximum atomic E-state index is 12.5. The number of nitrogens with one attached hydrogen (secondary N) is 1. The van der Waals surface area contributed by atoms with Crippen LogP contribution in [0.25, 0.3) is 0 Å². The van der Waals surface area contributed by atoms with Gasteiger partial charge in [-0.05, 0) is 31.4 Å². The average molecular weight is 286 g/mol. The summed E-state index contributed by atoms with van der Waals surface area (Å²) in [5, 5.41) is 3.55. The van der Waals surface area contributed by atoms with Gasteiger partial charge in [0.1, 0.15) is 0 Å². The first-order valence-electron chi connectivity index (χ1n) is 7.67. The molecule has 1 amide bonds. The number of nitrogens with zero attached hydrogens (tertiary/aromatic N) is 1. The summed E-state index contributed by atoms with van der Waals surface area (Å²) in [6, 6.07) is 0.374. The van der Waals surface area contributed by atoms with Crippen LogP contribution in [0.4, 0.5) is 0 Å². The van der Waals surface area contributed by atoms with Gasteiger partial charge in [-0.1, -0.05) is 34.1 Å². The normalized spacial score (nSPS) is 25.4. The van der Waals surface area contributed by atoms with Gasteiger partial charge in [0.2, 0.25) is 5.91 Å². The molecule has 0 bridgehead atoms. The first-order chi connectivity index (χ1) is 9.01. The summed E-state index contributed by atoms with van der Waals surface area (Å²) in [7, 11) is 0. The Morgan fingerprint density at radius 2 is 2.00 bits per heavy atom. The van der Waals surface area contributed by atoms with E-state index in [2.05, 4.69) is 44.8 Å². The van der Waals surface area contributed by atoms with Crippen LogP contribution in [0.5, 0.6) is 0 Å². The molecule has 112 valence electrons. The zero-order valence-corrected chi connectivity index (χ0v) is 13.9. The third-order valence-corrected chi connectivity index (χ3v) is 4.72. The van der Waals surface area contributed by atoms with Gasteiger partial charge in [-0.3, -0.25) is 10.1 Å². The number of carbonyl (C=O) groups excluding carboxylic acids is 1. The Labute approximate surface area is 122 Å². The van der Waals surface area contributed by atoms with E-state index in [-0.39, 0.29) is 12.2 Å². The van der Waals surface area contributed by atoms with Gasteiger partial charge >= 0.3 is 0 Å². The van der Waals surface area contributed by atoms with Gasteiger partial charge in [0, 0.05) is 11.8 Å². The molecule has 1 aliphatic rings. The van der Waals surface area contributed by atoms with Crippen molar-refractivity contribution in [3.8, 4) is 0 Å². The summed E-state index contributed by atoms with van der Waals surface area (Å²) in [5.74, 6) is 3.08. The smallest absolute Gasteiger partial charge is 0.241 e. The number of thioether (sulfide) groups is 1. The van der Waals surface area contributed by atoms with Gasteiger partial charge in [0.15, 0.2) is 0 Å². The molecule has 1 saturated heterocycles. The van der Waals surface area contributed by atoms with Crippen molar-refractivity contribution in [2.24, 2.45) is 5.92 Å². The summed E-state index contributed by atoms with van der Waals surface area (Å²) < 4.78 is 0. The zero-order chi connectivity index (χ0) is 14.4. The molecule has 1 heterocycles. The molecular formula is C15H30N2OS. The predicted octanol–water partition coefficient (Wildman–Crippen LogP) is 3.10. The van der Waals surface area contributed by atoms with Gasteiger partial charge in [-0.2, -0.15) is 11.8 Å². The molecule has 4 heteroatoms. The van der Waals surface area contributed by atoms with Crippen molar-refractivity contribution in [1.82, 2.24) is 10.2 Å². The van der Waals surface area contributed by atoms with Crippen molar-refractivity contribution in [2.75, 3.05) is 11.5 Å². The summed E-state index contributed by atoms with van der Waals surface area (Å²) >= 11 is 1.92. The van der Waals surface area contributed by atoms with Crippen molar-refractivity contribution in [3.63, 3.8) is 0 Å². The van der Waals surface area contributed by atoms with Gasteiger partial charge < -0.3 is 4.90 Å². The molecule has 19 heavy (non-hydrogen) atoms. The Balaban J connectivity index is 2.72. The fraction of sp³-hybridized carbons (Fsp3) is 0.933. The van der Waals surface area contributed by atoms with Crippen molar-refractivity contribution in [2.45, 2.75) is 72.1 Å². The first kappa shape index (κ1) is 16.8. The van der Waals surface area contributed by atoms with E-state index in [1.807, 2.05) is 11.8 Å². The van der Waals surface area contributed by atoms with Crippen molar-refractivity contribution >= 4 is 17.7 Å². The third-order valence-electron chi connectivity index (χ3n) is 3.59. The predicted molar refractivity (Wildman–Crippen MR) is 84.4 cm³/mol. The Morgan fingerprint density at radius 3 is 2.53 bits per heavy atom. The van der Waals surface area contributed by atoms with Crippen LogP contribution in [0.1, 0.15) is 53.9 Å². The number of rotatable bonds is 8. The molecule has 0 aromatic carbocycles. The molecule has 3 nitrogen and oxygen atoms in total. The minimum atomic E-state index is 0.0443. The SMILES string of the molecule is CCCC1NC(CC(C)C)N(C(C)CSCC)C1=O. The highest BCUT2D eigenvalue weighted by Crippen LogP contribution is 2.23.